The molecule has 0 aliphatic carbocycles. The molecule has 0 aromatic rings. The highest BCUT2D eigenvalue weighted by Gasteiger charge is 2.46. The average molecular weight is 175 g/mol. The number of alkyl halides is 3. The van der Waals surface area contributed by atoms with Crippen LogP contribution in [0.5, 0.6) is 0 Å². The number of carbonyl (C=O) groups is 2. The lowest BCUT2D eigenvalue weighted by molar-refractivity contribution is -0.148. The van der Waals surface area contributed by atoms with Crippen molar-refractivity contribution in [3.63, 3.8) is 0 Å². The van der Waals surface area contributed by atoms with E-state index in [9.17, 15) is 22.8 Å². The molecule has 58 valence electrons. The highest BCUT2D eigenvalue weighted by Crippen LogP contribution is 2.22. The first-order chi connectivity index (χ1) is 4.42. The Morgan fingerprint density at radius 1 is 1.60 bits per heavy atom. The van der Waals surface area contributed by atoms with Crippen molar-refractivity contribution in [3.8, 4) is 0 Å². The summed E-state index contributed by atoms with van der Waals surface area (Å²) in [7, 11) is 0. The molecule has 1 atom stereocenters. The van der Waals surface area contributed by atoms with E-state index < -0.39 is 23.6 Å². The molecule has 10 heavy (non-hydrogen) atoms. The molecule has 0 N–H and O–H groups in total. The van der Waals surface area contributed by atoms with Gasteiger partial charge in [-0.25, -0.2) is 4.39 Å². The van der Waals surface area contributed by atoms with Gasteiger partial charge in [-0.05, 0) is 11.6 Å². The third-order valence-electron chi connectivity index (χ3n) is 0.728. The van der Waals surface area contributed by atoms with Crippen molar-refractivity contribution in [2.24, 2.45) is 0 Å². The highest BCUT2D eigenvalue weighted by atomic mass is 35.5. The van der Waals surface area contributed by atoms with E-state index in [1.807, 2.05) is 0 Å². The maximum Gasteiger partial charge on any atom is 0.357 e. The van der Waals surface area contributed by atoms with Crippen molar-refractivity contribution in [1.29, 1.82) is 0 Å². The van der Waals surface area contributed by atoms with E-state index >= 15 is 0 Å². The predicted octanol–water partition coefficient (Wildman–Crippen LogP) is 0.924. The van der Waals surface area contributed by atoms with Gasteiger partial charge in [-0.15, -0.1) is 0 Å². The number of carbonyl (C=O) groups excluding carboxylic acids is 2. The second-order valence-corrected chi connectivity index (χ2v) is 1.78. The van der Waals surface area contributed by atoms with E-state index in [0.29, 0.717) is 0 Å². The van der Waals surface area contributed by atoms with Crippen molar-refractivity contribution < 1.29 is 22.8 Å². The van der Waals surface area contributed by atoms with Crippen LogP contribution in [0.4, 0.5) is 13.2 Å². The fraction of sp³-hybridized carbons (Fsp3) is 0.500. The van der Waals surface area contributed by atoms with Gasteiger partial charge in [-0.1, -0.05) is 0 Å². The van der Waals surface area contributed by atoms with Crippen molar-refractivity contribution in [2.75, 3.05) is 0 Å². The van der Waals surface area contributed by atoms with Crippen LogP contribution in [0.3, 0.4) is 0 Å². The molecule has 0 saturated heterocycles. The van der Waals surface area contributed by atoms with Crippen LogP contribution in [0, 0.1) is 0 Å². The Balaban J connectivity index is 4.38. The highest BCUT2D eigenvalue weighted by molar-refractivity contribution is 6.65. The number of halogens is 4. The first-order valence-corrected chi connectivity index (χ1v) is 2.47. The summed E-state index contributed by atoms with van der Waals surface area (Å²) in [6.45, 7) is 0. The monoisotopic (exact) mass is 174 g/mol. The van der Waals surface area contributed by atoms with Crippen molar-refractivity contribution in [1.82, 2.24) is 0 Å². The van der Waals surface area contributed by atoms with Gasteiger partial charge in [-0.2, -0.15) is 8.78 Å². The summed E-state index contributed by atoms with van der Waals surface area (Å²) < 4.78 is 35.4. The zero-order valence-corrected chi connectivity index (χ0v) is 5.24. The molecular formula is C4H2ClF3O2. The van der Waals surface area contributed by atoms with Crippen molar-refractivity contribution >= 4 is 23.1 Å². The van der Waals surface area contributed by atoms with Gasteiger partial charge in [0.25, 0.3) is 5.24 Å². The molecule has 0 aromatic carbocycles. The number of rotatable bonds is 3. The van der Waals surface area contributed by atoms with E-state index in [1.165, 1.54) is 0 Å². The van der Waals surface area contributed by atoms with E-state index in [2.05, 4.69) is 11.6 Å². The van der Waals surface area contributed by atoms with E-state index in [1.54, 1.807) is 0 Å². The van der Waals surface area contributed by atoms with E-state index in [0.717, 1.165) is 0 Å². The van der Waals surface area contributed by atoms with Gasteiger partial charge in [0.2, 0.25) is 6.17 Å². The molecule has 0 fully saturated rings. The van der Waals surface area contributed by atoms with Crippen LogP contribution < -0.4 is 0 Å². The van der Waals surface area contributed by atoms with Gasteiger partial charge in [0.15, 0.2) is 6.29 Å². The van der Waals surface area contributed by atoms with Gasteiger partial charge in [-0.3, -0.25) is 9.59 Å². The first-order valence-electron chi connectivity index (χ1n) is 2.10. The van der Waals surface area contributed by atoms with Gasteiger partial charge in [0.1, 0.15) is 0 Å². The number of aldehydes is 1. The Hall–Kier alpha value is -0.580. The summed E-state index contributed by atoms with van der Waals surface area (Å²) in [4.78, 5) is 19.1. The fourth-order valence-corrected chi connectivity index (χ4v) is 0.298. The van der Waals surface area contributed by atoms with Crippen LogP contribution in [0.1, 0.15) is 0 Å². The molecule has 0 saturated carbocycles. The Morgan fingerprint density at radius 2 is 2.00 bits per heavy atom. The van der Waals surface area contributed by atoms with Gasteiger partial charge >= 0.3 is 5.92 Å². The molecule has 0 aliphatic rings. The zero-order chi connectivity index (χ0) is 8.36. The standard InChI is InChI=1S/C4H2ClF3O2/c5-3(10)4(7,8)2(6)1-9/h1-2H. The normalized spacial score (nSPS) is 14.4. The SMILES string of the molecule is O=CC(F)C(F)(F)C(=O)Cl. The minimum absolute atomic E-state index is 0.680. The maximum absolute atomic E-state index is 11.9. The Labute approximate surface area is 59.0 Å². The summed E-state index contributed by atoms with van der Waals surface area (Å²) in [5.41, 5.74) is 0. The molecule has 0 bridgehead atoms. The van der Waals surface area contributed by atoms with Crippen LogP contribution in [-0.4, -0.2) is 23.6 Å². The van der Waals surface area contributed by atoms with Crippen LogP contribution in [0.2, 0.25) is 0 Å². The summed E-state index contributed by atoms with van der Waals surface area (Å²) in [6.07, 6.45) is -3.84. The van der Waals surface area contributed by atoms with Crippen LogP contribution in [-0.2, 0) is 9.59 Å². The lowest BCUT2D eigenvalue weighted by atomic mass is 10.2. The van der Waals surface area contributed by atoms with Gasteiger partial charge < -0.3 is 0 Å². The van der Waals surface area contributed by atoms with Crippen LogP contribution >= 0.6 is 11.6 Å². The summed E-state index contributed by atoms with van der Waals surface area (Å²) in [5, 5.41) is -2.17. The van der Waals surface area contributed by atoms with E-state index in [4.69, 9.17) is 0 Å². The molecule has 0 aliphatic heterocycles. The van der Waals surface area contributed by atoms with Crippen molar-refractivity contribution in [2.45, 2.75) is 12.1 Å². The minimum atomic E-state index is -4.40. The predicted molar refractivity (Wildman–Crippen MR) is 26.8 cm³/mol. The second kappa shape index (κ2) is 3.01. The number of hydrogen-bond donors (Lipinski definition) is 0. The summed E-state index contributed by atoms with van der Waals surface area (Å²) >= 11 is 4.26. The Kier molecular flexibility index (Phi) is 2.83. The maximum atomic E-state index is 11.9. The summed E-state index contributed by atoms with van der Waals surface area (Å²) in [5.74, 6) is -4.40. The molecule has 1 unspecified atom stereocenters. The first kappa shape index (κ1) is 9.42. The van der Waals surface area contributed by atoms with Gasteiger partial charge in [0.05, 0.1) is 0 Å². The molecule has 0 radical (unpaired) electrons. The molecule has 2 nitrogen and oxygen atoms in total. The lowest BCUT2D eigenvalue weighted by Crippen LogP contribution is -2.36. The summed E-state index contributed by atoms with van der Waals surface area (Å²) in [6, 6.07) is 0. The average Bonchev–Trinajstić information content (AvgIpc) is 1.86. The van der Waals surface area contributed by atoms with Crippen LogP contribution in [0.15, 0.2) is 0 Å². The Bertz CT molecular complexity index is 159. The molecule has 0 heterocycles. The Morgan fingerprint density at radius 3 is 2.10 bits per heavy atom. The van der Waals surface area contributed by atoms with Gasteiger partial charge in [0, 0.05) is 0 Å². The lowest BCUT2D eigenvalue weighted by Gasteiger charge is -2.09. The molecular weight excluding hydrogens is 172 g/mol. The third kappa shape index (κ3) is 1.70. The van der Waals surface area contributed by atoms with Crippen molar-refractivity contribution in [3.05, 3.63) is 0 Å². The topological polar surface area (TPSA) is 34.1 Å². The molecule has 0 aromatic heterocycles. The third-order valence-corrected chi connectivity index (χ3v) is 0.980. The second-order valence-electron chi connectivity index (χ2n) is 1.43. The minimum Gasteiger partial charge on any atom is -0.300 e. The largest absolute Gasteiger partial charge is 0.357 e. The fourth-order valence-electron chi connectivity index (χ4n) is 0.194. The quantitative estimate of drug-likeness (QED) is 0.471. The van der Waals surface area contributed by atoms with Crippen LogP contribution in [0.25, 0.3) is 0 Å². The number of hydrogen-bond acceptors (Lipinski definition) is 2. The smallest absolute Gasteiger partial charge is 0.300 e. The molecule has 0 rings (SSSR count). The zero-order valence-electron chi connectivity index (χ0n) is 4.48. The molecule has 0 spiro atoms. The molecule has 0 amide bonds. The van der Waals surface area contributed by atoms with E-state index in [-0.39, 0.29) is 0 Å². The molecule has 6 heteroatoms.